The number of carbonyl (C=O) groups excluding carboxylic acids is 1. The van der Waals surface area contributed by atoms with Gasteiger partial charge < -0.3 is 13.9 Å². The van der Waals surface area contributed by atoms with E-state index in [4.69, 9.17) is 18.9 Å². The molecule has 5 heteroatoms. The van der Waals surface area contributed by atoms with Gasteiger partial charge in [-0.15, -0.1) is 0 Å². The first-order chi connectivity index (χ1) is 12.7. The maximum Gasteiger partial charge on any atom is 0.345 e. The predicted octanol–water partition coefficient (Wildman–Crippen LogP) is 5.21. The summed E-state index contributed by atoms with van der Waals surface area (Å²) < 4.78 is 16.7. The van der Waals surface area contributed by atoms with Crippen molar-refractivity contribution in [2.75, 3.05) is 13.7 Å². The quantitative estimate of drug-likeness (QED) is 0.602. The van der Waals surface area contributed by atoms with Crippen molar-refractivity contribution in [3.63, 3.8) is 0 Å². The lowest BCUT2D eigenvalue weighted by atomic mass is 9.85. The number of ether oxygens (including phenoxy) is 2. The van der Waals surface area contributed by atoms with E-state index in [0.29, 0.717) is 23.7 Å². The maximum absolute atomic E-state index is 12.5. The summed E-state index contributed by atoms with van der Waals surface area (Å²) in [5.41, 5.74) is 2.84. The molecule has 0 radical (unpaired) electrons. The van der Waals surface area contributed by atoms with E-state index < -0.39 is 5.97 Å². The van der Waals surface area contributed by atoms with E-state index in [1.165, 1.54) is 26.4 Å². The fraction of sp³-hybridized carbons (Fsp3) is 0.429. The average Bonchev–Trinajstić information content (AvgIpc) is 3.07. The Hall–Kier alpha value is -2.56. The normalized spacial score (nSPS) is 15.5. The molecule has 0 atom stereocenters. The number of esters is 1. The summed E-state index contributed by atoms with van der Waals surface area (Å²) in [4.78, 5) is 17.5. The molecule has 3 aromatic rings. The van der Waals surface area contributed by atoms with Crippen LogP contribution < -0.4 is 4.74 Å². The van der Waals surface area contributed by atoms with Gasteiger partial charge in [-0.2, -0.15) is 0 Å². The number of hydrogen-bond donors (Lipinski definition) is 0. The second-order valence-corrected chi connectivity index (χ2v) is 6.74. The highest BCUT2D eigenvalue weighted by atomic mass is 16.6. The average molecular weight is 353 g/mol. The molecule has 0 saturated heterocycles. The number of nitrogens with zero attached hydrogens (tertiary/aromatic N) is 1. The first-order valence-corrected chi connectivity index (χ1v) is 9.30. The zero-order chi connectivity index (χ0) is 18.1. The predicted molar refractivity (Wildman–Crippen MR) is 99.8 cm³/mol. The van der Waals surface area contributed by atoms with Crippen LogP contribution in [0.4, 0.5) is 0 Å². The van der Waals surface area contributed by atoms with Crippen LogP contribution in [0.1, 0.15) is 61.0 Å². The molecule has 1 aliphatic carbocycles. The molecule has 1 fully saturated rings. The van der Waals surface area contributed by atoms with Gasteiger partial charge in [0.2, 0.25) is 0 Å². The first kappa shape index (κ1) is 16.9. The summed E-state index contributed by atoms with van der Waals surface area (Å²) in [6, 6.07) is 7.85. The van der Waals surface area contributed by atoms with Crippen LogP contribution in [0.2, 0.25) is 0 Å². The topological polar surface area (TPSA) is 61.6 Å². The van der Waals surface area contributed by atoms with Crippen molar-refractivity contribution in [3.05, 3.63) is 35.5 Å². The van der Waals surface area contributed by atoms with Gasteiger partial charge in [-0.1, -0.05) is 37.5 Å². The van der Waals surface area contributed by atoms with Crippen molar-refractivity contribution < 1.29 is 18.7 Å². The van der Waals surface area contributed by atoms with Crippen LogP contribution in [-0.2, 0) is 4.74 Å². The molecule has 136 valence electrons. The second-order valence-electron chi connectivity index (χ2n) is 6.74. The van der Waals surface area contributed by atoms with Gasteiger partial charge in [0.25, 0.3) is 0 Å². The molecule has 0 spiro atoms. The van der Waals surface area contributed by atoms with Crippen LogP contribution >= 0.6 is 0 Å². The van der Waals surface area contributed by atoms with Crippen LogP contribution in [0.25, 0.3) is 21.9 Å². The zero-order valence-electron chi connectivity index (χ0n) is 15.2. The summed E-state index contributed by atoms with van der Waals surface area (Å²) in [5, 5.41) is 1.64. The molecule has 0 N–H and O–H groups in total. The molecule has 0 amide bonds. The Morgan fingerprint density at radius 3 is 2.73 bits per heavy atom. The third-order valence-corrected chi connectivity index (χ3v) is 5.18. The minimum absolute atomic E-state index is 0.226. The number of rotatable bonds is 4. The Bertz CT molecular complexity index is 953. The van der Waals surface area contributed by atoms with E-state index >= 15 is 0 Å². The smallest absolute Gasteiger partial charge is 0.345 e. The van der Waals surface area contributed by atoms with Crippen molar-refractivity contribution >= 4 is 27.8 Å². The fourth-order valence-electron chi connectivity index (χ4n) is 3.98. The lowest BCUT2D eigenvalue weighted by Gasteiger charge is -2.21. The molecule has 0 bridgehead atoms. The van der Waals surface area contributed by atoms with E-state index in [1.807, 2.05) is 31.2 Å². The fourth-order valence-corrected chi connectivity index (χ4v) is 3.98. The van der Waals surface area contributed by atoms with Crippen molar-refractivity contribution in [1.29, 1.82) is 0 Å². The highest BCUT2D eigenvalue weighted by molar-refractivity contribution is 6.16. The summed E-state index contributed by atoms with van der Waals surface area (Å²) in [7, 11) is 1.38. The maximum atomic E-state index is 12.5. The number of furan rings is 1. The first-order valence-electron chi connectivity index (χ1n) is 9.30. The molecule has 5 nitrogen and oxygen atoms in total. The Balaban J connectivity index is 2.06. The third kappa shape index (κ3) is 2.71. The third-order valence-electron chi connectivity index (χ3n) is 5.18. The molecule has 4 rings (SSSR count). The van der Waals surface area contributed by atoms with E-state index in [9.17, 15) is 4.79 Å². The zero-order valence-corrected chi connectivity index (χ0v) is 15.2. The molecule has 2 aromatic heterocycles. The Morgan fingerprint density at radius 1 is 1.23 bits per heavy atom. The molecule has 1 aromatic carbocycles. The van der Waals surface area contributed by atoms with Gasteiger partial charge in [-0.05, 0) is 25.8 Å². The van der Waals surface area contributed by atoms with E-state index in [0.717, 1.165) is 34.8 Å². The number of benzene rings is 1. The van der Waals surface area contributed by atoms with Crippen molar-refractivity contribution in [3.8, 4) is 5.95 Å². The number of aromatic nitrogens is 1. The van der Waals surface area contributed by atoms with Crippen LogP contribution in [-0.4, -0.2) is 24.7 Å². The monoisotopic (exact) mass is 353 g/mol. The number of carbonyl (C=O) groups is 1. The number of hydrogen-bond acceptors (Lipinski definition) is 5. The molecule has 1 aliphatic rings. The molecular weight excluding hydrogens is 330 g/mol. The largest absolute Gasteiger partial charge is 0.465 e. The minimum atomic E-state index is -0.446. The lowest BCUT2D eigenvalue weighted by Crippen LogP contribution is -2.08. The molecule has 26 heavy (non-hydrogen) atoms. The minimum Gasteiger partial charge on any atom is -0.465 e. The van der Waals surface area contributed by atoms with Crippen LogP contribution in [0.5, 0.6) is 5.95 Å². The van der Waals surface area contributed by atoms with Gasteiger partial charge in [0.05, 0.1) is 30.3 Å². The molecule has 1 saturated carbocycles. The van der Waals surface area contributed by atoms with Gasteiger partial charge in [-0.3, -0.25) is 0 Å². The van der Waals surface area contributed by atoms with Gasteiger partial charge in [0, 0.05) is 11.3 Å². The van der Waals surface area contributed by atoms with Crippen LogP contribution in [0.3, 0.4) is 0 Å². The van der Waals surface area contributed by atoms with Gasteiger partial charge in [0.1, 0.15) is 0 Å². The van der Waals surface area contributed by atoms with Gasteiger partial charge >= 0.3 is 11.9 Å². The van der Waals surface area contributed by atoms with Crippen molar-refractivity contribution in [1.82, 2.24) is 4.98 Å². The Labute approximate surface area is 152 Å². The molecule has 0 unspecified atom stereocenters. The van der Waals surface area contributed by atoms with E-state index in [1.54, 1.807) is 0 Å². The Morgan fingerprint density at radius 2 is 2.00 bits per heavy atom. The highest BCUT2D eigenvalue weighted by Gasteiger charge is 2.30. The molecular formula is C21H23NO4. The number of methoxy groups -OCH3 is 1. The lowest BCUT2D eigenvalue weighted by molar-refractivity contribution is 0.0595. The summed E-state index contributed by atoms with van der Waals surface area (Å²) in [5.74, 6) is 0.129. The van der Waals surface area contributed by atoms with Gasteiger partial charge in [-0.25, -0.2) is 9.78 Å². The van der Waals surface area contributed by atoms with E-state index in [-0.39, 0.29) is 5.95 Å². The van der Waals surface area contributed by atoms with E-state index in [2.05, 4.69) is 0 Å². The SMILES string of the molecule is CCOc1oc2c(C3CCCCC3)nc3ccccc3c2c1C(=O)OC. The standard InChI is InChI=1S/C21H23NO4/c1-3-25-21-17(20(23)24-2)16-14-11-7-8-12-15(14)22-18(19(16)26-21)13-9-5-4-6-10-13/h7-8,11-13H,3-6,9-10H2,1-2H3. The van der Waals surface area contributed by atoms with Crippen molar-refractivity contribution in [2.45, 2.75) is 44.9 Å². The number of pyridine rings is 1. The Kier molecular flexibility index (Phi) is 4.53. The number of fused-ring (bicyclic) bond motifs is 3. The van der Waals surface area contributed by atoms with Crippen LogP contribution in [0.15, 0.2) is 28.7 Å². The summed E-state index contributed by atoms with van der Waals surface area (Å²) in [6.45, 7) is 2.28. The van der Waals surface area contributed by atoms with Crippen LogP contribution in [0, 0.1) is 0 Å². The summed E-state index contributed by atoms with van der Waals surface area (Å²) >= 11 is 0. The second kappa shape index (κ2) is 6.98. The van der Waals surface area contributed by atoms with Crippen molar-refractivity contribution in [2.24, 2.45) is 0 Å². The molecule has 0 aliphatic heterocycles. The molecule has 2 heterocycles. The number of para-hydroxylation sites is 1. The van der Waals surface area contributed by atoms with Gasteiger partial charge in [0.15, 0.2) is 11.1 Å². The summed E-state index contributed by atoms with van der Waals surface area (Å²) in [6.07, 6.45) is 5.85. The highest BCUT2D eigenvalue weighted by Crippen LogP contribution is 2.43.